The Morgan fingerprint density at radius 1 is 1.17 bits per heavy atom. The molecule has 2 aromatic carbocycles. The second-order valence-corrected chi connectivity index (χ2v) is 8.79. The van der Waals surface area contributed by atoms with Crippen molar-refractivity contribution in [3.63, 3.8) is 0 Å². The van der Waals surface area contributed by atoms with Crippen LogP contribution in [0.4, 0.5) is 5.13 Å². The molecule has 0 atom stereocenters. The van der Waals surface area contributed by atoms with Crippen molar-refractivity contribution < 1.29 is 9.53 Å². The van der Waals surface area contributed by atoms with Crippen LogP contribution in [0.2, 0.25) is 0 Å². The molecule has 0 saturated heterocycles. The number of hydrogen-bond acceptors (Lipinski definition) is 5. The van der Waals surface area contributed by atoms with Gasteiger partial charge in [0.05, 0.1) is 10.2 Å². The van der Waals surface area contributed by atoms with Crippen molar-refractivity contribution in [3.05, 3.63) is 52.5 Å². The third-order valence-electron chi connectivity index (χ3n) is 4.30. The molecule has 0 aliphatic rings. The van der Waals surface area contributed by atoms with Crippen molar-refractivity contribution >= 4 is 60.9 Å². The standard InChI is InChI=1S/C21H24BrN3O2S.ClH/c1-15-7-4-5-8-18(15)27-14-20(26)25(12-6-11-24(2)3)21-23-17-10-9-16(22)13-19(17)28-21;/h4-5,7-10,13H,6,11-12,14H2,1-3H3;1H. The van der Waals surface area contributed by atoms with Crippen molar-refractivity contribution in [2.24, 2.45) is 0 Å². The van der Waals surface area contributed by atoms with E-state index >= 15 is 0 Å². The molecule has 1 heterocycles. The maximum absolute atomic E-state index is 13.0. The summed E-state index contributed by atoms with van der Waals surface area (Å²) in [5, 5.41) is 0.713. The Morgan fingerprint density at radius 2 is 1.93 bits per heavy atom. The van der Waals surface area contributed by atoms with E-state index in [1.807, 2.05) is 63.5 Å². The molecule has 1 amide bonds. The summed E-state index contributed by atoms with van der Waals surface area (Å²) in [6.07, 6.45) is 0.864. The maximum Gasteiger partial charge on any atom is 0.266 e. The number of benzene rings is 2. The lowest BCUT2D eigenvalue weighted by atomic mass is 10.2. The first kappa shape index (κ1) is 23.6. The number of carbonyl (C=O) groups excluding carboxylic acids is 1. The van der Waals surface area contributed by atoms with Crippen LogP contribution >= 0.6 is 39.7 Å². The van der Waals surface area contributed by atoms with E-state index in [4.69, 9.17) is 4.74 Å². The van der Waals surface area contributed by atoms with Gasteiger partial charge in [0, 0.05) is 11.0 Å². The van der Waals surface area contributed by atoms with Gasteiger partial charge in [-0.05, 0) is 63.8 Å². The molecule has 8 heteroatoms. The normalized spacial score (nSPS) is 10.8. The summed E-state index contributed by atoms with van der Waals surface area (Å²) in [5.41, 5.74) is 1.91. The highest BCUT2D eigenvalue weighted by atomic mass is 79.9. The van der Waals surface area contributed by atoms with Gasteiger partial charge in [0.1, 0.15) is 5.75 Å². The smallest absolute Gasteiger partial charge is 0.266 e. The van der Waals surface area contributed by atoms with Crippen molar-refractivity contribution in [2.75, 3.05) is 38.7 Å². The van der Waals surface area contributed by atoms with Gasteiger partial charge in [0.15, 0.2) is 11.7 Å². The number of hydrogen-bond donors (Lipinski definition) is 0. The first-order chi connectivity index (χ1) is 13.4. The number of aromatic nitrogens is 1. The minimum Gasteiger partial charge on any atom is -0.483 e. The van der Waals surface area contributed by atoms with Crippen molar-refractivity contribution in [3.8, 4) is 5.75 Å². The zero-order valence-electron chi connectivity index (χ0n) is 16.7. The molecule has 0 N–H and O–H groups in total. The Kier molecular flexibility index (Phi) is 8.89. The summed E-state index contributed by atoms with van der Waals surface area (Å²) in [6.45, 7) is 3.47. The Hall–Kier alpha value is -1.67. The molecular formula is C21H25BrClN3O2S. The number of halogens is 2. The van der Waals surface area contributed by atoms with Crippen LogP contribution in [0.5, 0.6) is 5.75 Å². The molecule has 5 nitrogen and oxygen atoms in total. The Morgan fingerprint density at radius 3 is 2.66 bits per heavy atom. The topological polar surface area (TPSA) is 45.7 Å². The molecule has 29 heavy (non-hydrogen) atoms. The molecular weight excluding hydrogens is 474 g/mol. The Labute approximate surface area is 190 Å². The van der Waals surface area contributed by atoms with Crippen molar-refractivity contribution in [1.82, 2.24) is 9.88 Å². The van der Waals surface area contributed by atoms with Gasteiger partial charge in [-0.2, -0.15) is 0 Å². The second-order valence-electron chi connectivity index (χ2n) is 6.86. The van der Waals surface area contributed by atoms with Crippen LogP contribution < -0.4 is 9.64 Å². The van der Waals surface area contributed by atoms with Gasteiger partial charge < -0.3 is 9.64 Å². The fraction of sp³-hybridized carbons (Fsp3) is 0.333. The third kappa shape index (κ3) is 6.40. The highest BCUT2D eigenvalue weighted by Gasteiger charge is 2.20. The number of ether oxygens (including phenoxy) is 1. The van der Waals surface area contributed by atoms with E-state index in [1.54, 1.807) is 4.90 Å². The predicted molar refractivity (Wildman–Crippen MR) is 127 cm³/mol. The largest absolute Gasteiger partial charge is 0.483 e. The fourth-order valence-corrected chi connectivity index (χ4v) is 4.37. The predicted octanol–water partition coefficient (Wildman–Crippen LogP) is 5.15. The monoisotopic (exact) mass is 497 g/mol. The zero-order valence-corrected chi connectivity index (χ0v) is 19.9. The average molecular weight is 499 g/mol. The first-order valence-corrected chi connectivity index (χ1v) is 10.7. The molecule has 0 spiro atoms. The molecule has 3 rings (SSSR count). The van der Waals surface area contributed by atoms with Crippen LogP contribution in [0.3, 0.4) is 0 Å². The number of anilines is 1. The minimum absolute atomic E-state index is 0. The van der Waals surface area contributed by atoms with E-state index in [9.17, 15) is 4.79 Å². The number of nitrogens with zero attached hydrogens (tertiary/aromatic N) is 3. The van der Waals surface area contributed by atoms with Crippen LogP contribution in [0.15, 0.2) is 46.9 Å². The number of thiazole rings is 1. The lowest BCUT2D eigenvalue weighted by Crippen LogP contribution is -2.36. The fourth-order valence-electron chi connectivity index (χ4n) is 2.81. The van der Waals surface area contributed by atoms with Gasteiger partial charge in [-0.1, -0.05) is 45.5 Å². The molecule has 0 radical (unpaired) electrons. The molecule has 0 unspecified atom stereocenters. The molecule has 0 saturated carbocycles. The number of para-hydroxylation sites is 1. The number of rotatable bonds is 8. The van der Waals surface area contributed by atoms with E-state index in [1.165, 1.54) is 11.3 Å². The molecule has 156 valence electrons. The van der Waals surface area contributed by atoms with E-state index in [0.717, 1.165) is 39.0 Å². The number of fused-ring (bicyclic) bond motifs is 1. The van der Waals surface area contributed by atoms with E-state index in [2.05, 4.69) is 25.8 Å². The quantitative estimate of drug-likeness (QED) is 0.431. The summed E-state index contributed by atoms with van der Waals surface area (Å²) in [6, 6.07) is 13.7. The first-order valence-electron chi connectivity index (χ1n) is 9.13. The van der Waals surface area contributed by atoms with Gasteiger partial charge >= 0.3 is 0 Å². The van der Waals surface area contributed by atoms with E-state index in [0.29, 0.717) is 11.7 Å². The second kappa shape index (κ2) is 10.9. The van der Waals surface area contributed by atoms with Crippen LogP contribution in [0, 0.1) is 6.92 Å². The van der Waals surface area contributed by atoms with Gasteiger partial charge in [0.2, 0.25) is 0 Å². The lowest BCUT2D eigenvalue weighted by molar-refractivity contribution is -0.120. The molecule has 0 aliphatic heterocycles. The maximum atomic E-state index is 13.0. The average Bonchev–Trinajstić information content (AvgIpc) is 3.06. The van der Waals surface area contributed by atoms with Crippen LogP contribution in [-0.4, -0.2) is 49.6 Å². The summed E-state index contributed by atoms with van der Waals surface area (Å²) >= 11 is 5.02. The van der Waals surface area contributed by atoms with Gasteiger partial charge in [0.25, 0.3) is 5.91 Å². The third-order valence-corrected chi connectivity index (χ3v) is 5.84. The number of aryl methyl sites for hydroxylation is 1. The highest BCUT2D eigenvalue weighted by molar-refractivity contribution is 9.10. The summed E-state index contributed by atoms with van der Waals surface area (Å²) in [4.78, 5) is 21.5. The molecule has 3 aromatic rings. The minimum atomic E-state index is -0.0832. The SMILES string of the molecule is Cc1ccccc1OCC(=O)N(CCCN(C)C)c1nc2ccc(Br)cc2s1.Cl. The molecule has 0 aliphatic carbocycles. The van der Waals surface area contributed by atoms with E-state index in [-0.39, 0.29) is 24.9 Å². The summed E-state index contributed by atoms with van der Waals surface area (Å²) in [5.74, 6) is 0.650. The highest BCUT2D eigenvalue weighted by Crippen LogP contribution is 2.31. The van der Waals surface area contributed by atoms with Gasteiger partial charge in [-0.3, -0.25) is 9.69 Å². The van der Waals surface area contributed by atoms with Crippen LogP contribution in [0.25, 0.3) is 10.2 Å². The summed E-state index contributed by atoms with van der Waals surface area (Å²) in [7, 11) is 4.06. The summed E-state index contributed by atoms with van der Waals surface area (Å²) < 4.78 is 7.84. The number of carbonyl (C=O) groups is 1. The number of amides is 1. The van der Waals surface area contributed by atoms with Gasteiger partial charge in [-0.25, -0.2) is 4.98 Å². The zero-order chi connectivity index (χ0) is 20.1. The van der Waals surface area contributed by atoms with E-state index < -0.39 is 0 Å². The van der Waals surface area contributed by atoms with Gasteiger partial charge in [-0.15, -0.1) is 12.4 Å². The Bertz CT molecular complexity index is 964. The van der Waals surface area contributed by atoms with Crippen molar-refractivity contribution in [1.29, 1.82) is 0 Å². The van der Waals surface area contributed by atoms with Crippen molar-refractivity contribution in [2.45, 2.75) is 13.3 Å². The van der Waals surface area contributed by atoms with Crippen LogP contribution in [0.1, 0.15) is 12.0 Å². The lowest BCUT2D eigenvalue weighted by Gasteiger charge is -2.21. The molecule has 1 aromatic heterocycles. The van der Waals surface area contributed by atoms with Crippen LogP contribution in [-0.2, 0) is 4.79 Å². The molecule has 0 bridgehead atoms. The Balaban J connectivity index is 0.00000300. The molecule has 0 fully saturated rings.